The van der Waals surface area contributed by atoms with Crippen LogP contribution in [0, 0.1) is 5.92 Å². The molecule has 1 saturated heterocycles. The van der Waals surface area contributed by atoms with Crippen LogP contribution in [0.5, 0.6) is 0 Å². The molecule has 0 saturated carbocycles. The lowest BCUT2D eigenvalue weighted by Crippen LogP contribution is -2.31. The number of anilines is 2. The topological polar surface area (TPSA) is 59.1 Å². The van der Waals surface area contributed by atoms with Crippen LogP contribution in [0.3, 0.4) is 0 Å². The van der Waals surface area contributed by atoms with E-state index in [0.717, 1.165) is 49.9 Å². The van der Waals surface area contributed by atoms with E-state index < -0.39 is 0 Å². The minimum absolute atomic E-state index is 0.410. The molecule has 1 fully saturated rings. The molecular weight excluding hydrogens is 240 g/mol. The number of aromatic nitrogens is 2. The Morgan fingerprint density at radius 3 is 2.63 bits per heavy atom. The number of rotatable bonds is 5. The maximum atomic E-state index is 5.41. The summed E-state index contributed by atoms with van der Waals surface area (Å²) in [5, 5.41) is 6.60. The van der Waals surface area contributed by atoms with Crippen molar-refractivity contribution in [2.24, 2.45) is 5.92 Å². The summed E-state index contributed by atoms with van der Waals surface area (Å²) >= 11 is 0. The molecule has 0 amide bonds. The molecule has 5 heteroatoms. The van der Waals surface area contributed by atoms with Gasteiger partial charge in [0.05, 0.1) is 0 Å². The zero-order chi connectivity index (χ0) is 13.7. The van der Waals surface area contributed by atoms with E-state index in [1.54, 1.807) is 0 Å². The van der Waals surface area contributed by atoms with E-state index in [4.69, 9.17) is 4.74 Å². The third-order valence-corrected chi connectivity index (χ3v) is 3.69. The number of hydrogen-bond donors (Lipinski definition) is 2. The zero-order valence-electron chi connectivity index (χ0n) is 12.1. The number of hydrogen-bond acceptors (Lipinski definition) is 5. The lowest BCUT2D eigenvalue weighted by molar-refractivity contribution is 0.0622. The van der Waals surface area contributed by atoms with Crippen molar-refractivity contribution in [1.82, 2.24) is 9.97 Å². The summed E-state index contributed by atoms with van der Waals surface area (Å²) in [5.74, 6) is 3.31. The molecule has 106 valence electrons. The lowest BCUT2D eigenvalue weighted by Gasteiger charge is -2.28. The fourth-order valence-corrected chi connectivity index (χ4v) is 2.42. The second kappa shape index (κ2) is 6.70. The Morgan fingerprint density at radius 1 is 1.32 bits per heavy atom. The quantitative estimate of drug-likeness (QED) is 0.854. The largest absolute Gasteiger partial charge is 0.381 e. The molecule has 19 heavy (non-hydrogen) atoms. The van der Waals surface area contributed by atoms with Gasteiger partial charge < -0.3 is 15.4 Å². The molecule has 1 aliphatic heterocycles. The van der Waals surface area contributed by atoms with E-state index in [9.17, 15) is 0 Å². The number of nitrogens with zero attached hydrogens (tertiary/aromatic N) is 2. The molecule has 0 radical (unpaired) electrons. The van der Waals surface area contributed by atoms with Gasteiger partial charge in [0, 0.05) is 38.8 Å². The molecule has 2 rings (SSSR count). The van der Waals surface area contributed by atoms with Crippen molar-refractivity contribution in [3.8, 4) is 0 Å². The molecular formula is C14H24N4O. The summed E-state index contributed by atoms with van der Waals surface area (Å²) in [6.07, 6.45) is 3.09. The average Bonchev–Trinajstić information content (AvgIpc) is 2.47. The highest BCUT2D eigenvalue weighted by Crippen LogP contribution is 2.22. The molecule has 1 aromatic rings. The van der Waals surface area contributed by atoms with E-state index in [-0.39, 0.29) is 0 Å². The molecule has 5 nitrogen and oxygen atoms in total. The number of ether oxygens (including phenoxy) is 1. The normalized spacial score (nSPS) is 18.1. The molecule has 0 aliphatic carbocycles. The predicted octanol–water partition coefficient (Wildman–Crippen LogP) is 2.31. The predicted molar refractivity (Wildman–Crippen MR) is 77.6 cm³/mol. The Labute approximate surface area is 115 Å². The van der Waals surface area contributed by atoms with Crippen LogP contribution in [-0.2, 0) is 11.2 Å². The second-order valence-electron chi connectivity index (χ2n) is 5.04. The van der Waals surface area contributed by atoms with Crippen molar-refractivity contribution in [1.29, 1.82) is 0 Å². The summed E-state index contributed by atoms with van der Waals surface area (Å²) in [5.41, 5.74) is 0. The summed E-state index contributed by atoms with van der Waals surface area (Å²) < 4.78 is 5.41. The Kier molecular flexibility index (Phi) is 4.96. The molecule has 1 unspecified atom stereocenters. The SMILES string of the molecule is CCc1nc(NC)cc(NC(C)C2CCOCC2)n1. The highest BCUT2D eigenvalue weighted by molar-refractivity contribution is 5.47. The first-order chi connectivity index (χ1) is 9.22. The molecule has 1 aliphatic rings. The van der Waals surface area contributed by atoms with Crippen LogP contribution in [0.25, 0.3) is 0 Å². The van der Waals surface area contributed by atoms with Crippen LogP contribution in [0.1, 0.15) is 32.5 Å². The van der Waals surface area contributed by atoms with Crippen molar-refractivity contribution in [2.75, 3.05) is 30.9 Å². The smallest absolute Gasteiger partial charge is 0.132 e. The Morgan fingerprint density at radius 2 is 2.00 bits per heavy atom. The van der Waals surface area contributed by atoms with Gasteiger partial charge in [0.25, 0.3) is 0 Å². The Hall–Kier alpha value is -1.36. The first-order valence-electron chi connectivity index (χ1n) is 7.13. The number of aryl methyl sites for hydroxylation is 1. The summed E-state index contributed by atoms with van der Waals surface area (Å²) in [7, 11) is 1.88. The Bertz CT molecular complexity index is 382. The summed E-state index contributed by atoms with van der Waals surface area (Å²) in [4.78, 5) is 8.95. The van der Waals surface area contributed by atoms with E-state index in [1.807, 2.05) is 13.1 Å². The van der Waals surface area contributed by atoms with Gasteiger partial charge in [-0.1, -0.05) is 6.92 Å². The second-order valence-corrected chi connectivity index (χ2v) is 5.04. The van der Waals surface area contributed by atoms with Crippen molar-refractivity contribution in [3.05, 3.63) is 11.9 Å². The summed E-state index contributed by atoms with van der Waals surface area (Å²) in [6, 6.07) is 2.38. The van der Waals surface area contributed by atoms with Crippen LogP contribution in [0.2, 0.25) is 0 Å². The molecule has 1 atom stereocenters. The lowest BCUT2D eigenvalue weighted by atomic mass is 9.93. The van der Waals surface area contributed by atoms with Gasteiger partial charge in [0.15, 0.2) is 0 Å². The van der Waals surface area contributed by atoms with Gasteiger partial charge in [-0.15, -0.1) is 0 Å². The van der Waals surface area contributed by atoms with E-state index >= 15 is 0 Å². The van der Waals surface area contributed by atoms with Gasteiger partial charge in [-0.25, -0.2) is 9.97 Å². The van der Waals surface area contributed by atoms with Gasteiger partial charge >= 0.3 is 0 Å². The van der Waals surface area contributed by atoms with Crippen LogP contribution in [0.15, 0.2) is 6.07 Å². The van der Waals surface area contributed by atoms with Gasteiger partial charge in [0.1, 0.15) is 17.5 Å². The third-order valence-electron chi connectivity index (χ3n) is 3.69. The highest BCUT2D eigenvalue weighted by atomic mass is 16.5. The summed E-state index contributed by atoms with van der Waals surface area (Å²) in [6.45, 7) is 6.05. The minimum atomic E-state index is 0.410. The fourth-order valence-electron chi connectivity index (χ4n) is 2.42. The van der Waals surface area contributed by atoms with Crippen molar-refractivity contribution in [2.45, 2.75) is 39.2 Å². The third kappa shape index (κ3) is 3.80. The van der Waals surface area contributed by atoms with Crippen LogP contribution in [-0.4, -0.2) is 36.3 Å². The van der Waals surface area contributed by atoms with Crippen molar-refractivity contribution in [3.63, 3.8) is 0 Å². The maximum Gasteiger partial charge on any atom is 0.132 e. The minimum Gasteiger partial charge on any atom is -0.381 e. The first-order valence-corrected chi connectivity index (χ1v) is 7.13. The molecule has 2 N–H and O–H groups in total. The first kappa shape index (κ1) is 14.1. The average molecular weight is 264 g/mol. The van der Waals surface area contributed by atoms with Crippen LogP contribution < -0.4 is 10.6 Å². The van der Waals surface area contributed by atoms with E-state index in [2.05, 4.69) is 34.4 Å². The fraction of sp³-hybridized carbons (Fsp3) is 0.714. The molecule has 0 bridgehead atoms. The van der Waals surface area contributed by atoms with Crippen LogP contribution >= 0.6 is 0 Å². The van der Waals surface area contributed by atoms with E-state index in [0.29, 0.717) is 12.0 Å². The van der Waals surface area contributed by atoms with Gasteiger partial charge in [-0.3, -0.25) is 0 Å². The Balaban J connectivity index is 2.04. The van der Waals surface area contributed by atoms with Crippen LogP contribution in [0.4, 0.5) is 11.6 Å². The van der Waals surface area contributed by atoms with Crippen molar-refractivity contribution >= 4 is 11.6 Å². The molecule has 0 aromatic carbocycles. The monoisotopic (exact) mass is 264 g/mol. The van der Waals surface area contributed by atoms with E-state index in [1.165, 1.54) is 0 Å². The van der Waals surface area contributed by atoms with Gasteiger partial charge in [-0.2, -0.15) is 0 Å². The molecule has 1 aromatic heterocycles. The number of nitrogens with one attached hydrogen (secondary N) is 2. The zero-order valence-corrected chi connectivity index (χ0v) is 12.1. The standard InChI is InChI=1S/C14H24N4O/c1-4-12-17-13(15-3)9-14(18-12)16-10(2)11-5-7-19-8-6-11/h9-11H,4-8H2,1-3H3,(H2,15,16,17,18). The maximum absolute atomic E-state index is 5.41. The van der Waals surface area contributed by atoms with Crippen molar-refractivity contribution < 1.29 is 4.74 Å². The highest BCUT2D eigenvalue weighted by Gasteiger charge is 2.20. The van der Waals surface area contributed by atoms with Gasteiger partial charge in [-0.05, 0) is 25.7 Å². The van der Waals surface area contributed by atoms with Gasteiger partial charge in [0.2, 0.25) is 0 Å². The molecule has 0 spiro atoms. The molecule has 2 heterocycles.